The molecule has 4 nitrogen and oxygen atoms in total. The molecule has 3 aromatic rings. The molecule has 0 fully saturated rings. The van der Waals surface area contributed by atoms with Gasteiger partial charge in [0.05, 0.1) is 0 Å². The Morgan fingerprint density at radius 1 is 1.00 bits per heavy atom. The van der Waals surface area contributed by atoms with Gasteiger partial charge in [-0.3, -0.25) is 4.79 Å². The van der Waals surface area contributed by atoms with Crippen LogP contribution in [0.1, 0.15) is 25.0 Å². The normalized spacial score (nSPS) is 12.1. The summed E-state index contributed by atoms with van der Waals surface area (Å²) in [5.41, 5.74) is 2.79. The average molecular weight is 373 g/mol. The summed E-state index contributed by atoms with van der Waals surface area (Å²) in [6.07, 6.45) is 3.10. The Kier molecular flexibility index (Phi) is 6.22. The SMILES string of the molecule is CCc1ccc(NC(=O)C(C)OC(=O)C=Cc2cccc3ccccc23)cc1. The van der Waals surface area contributed by atoms with Crippen molar-refractivity contribution in [1.82, 2.24) is 0 Å². The third kappa shape index (κ3) is 4.86. The molecule has 0 aliphatic carbocycles. The van der Waals surface area contributed by atoms with Crippen LogP contribution in [-0.2, 0) is 20.7 Å². The highest BCUT2D eigenvalue weighted by Gasteiger charge is 2.16. The van der Waals surface area contributed by atoms with Gasteiger partial charge in [-0.2, -0.15) is 0 Å². The van der Waals surface area contributed by atoms with Gasteiger partial charge in [0, 0.05) is 11.8 Å². The number of aryl methyl sites for hydroxylation is 1. The van der Waals surface area contributed by atoms with Crippen molar-refractivity contribution < 1.29 is 14.3 Å². The zero-order chi connectivity index (χ0) is 19.9. The van der Waals surface area contributed by atoms with E-state index in [2.05, 4.69) is 12.2 Å². The topological polar surface area (TPSA) is 55.4 Å². The molecule has 0 saturated heterocycles. The number of fused-ring (bicyclic) bond motifs is 1. The van der Waals surface area contributed by atoms with E-state index in [1.54, 1.807) is 13.0 Å². The van der Waals surface area contributed by atoms with Crippen molar-refractivity contribution in [3.05, 3.63) is 83.9 Å². The van der Waals surface area contributed by atoms with Crippen molar-refractivity contribution in [1.29, 1.82) is 0 Å². The van der Waals surface area contributed by atoms with Crippen LogP contribution in [0.25, 0.3) is 16.8 Å². The van der Waals surface area contributed by atoms with Gasteiger partial charge < -0.3 is 10.1 Å². The minimum Gasteiger partial charge on any atom is -0.449 e. The van der Waals surface area contributed by atoms with E-state index in [1.165, 1.54) is 11.6 Å². The smallest absolute Gasteiger partial charge is 0.331 e. The largest absolute Gasteiger partial charge is 0.449 e. The third-order valence-corrected chi connectivity index (χ3v) is 4.51. The molecule has 1 atom stereocenters. The van der Waals surface area contributed by atoms with Crippen molar-refractivity contribution in [2.75, 3.05) is 5.32 Å². The number of rotatable bonds is 6. The number of anilines is 1. The molecule has 0 saturated carbocycles. The third-order valence-electron chi connectivity index (χ3n) is 4.51. The quantitative estimate of drug-likeness (QED) is 0.489. The number of hydrogen-bond donors (Lipinski definition) is 1. The lowest BCUT2D eigenvalue weighted by molar-refractivity contribution is -0.148. The summed E-state index contributed by atoms with van der Waals surface area (Å²) in [7, 11) is 0. The Balaban J connectivity index is 1.60. The predicted octanol–water partition coefficient (Wildman–Crippen LogP) is 4.99. The van der Waals surface area contributed by atoms with Gasteiger partial charge in [-0.25, -0.2) is 4.79 Å². The summed E-state index contributed by atoms with van der Waals surface area (Å²) in [4.78, 5) is 24.4. The Hall–Kier alpha value is -3.40. The fourth-order valence-corrected chi connectivity index (χ4v) is 2.89. The van der Waals surface area contributed by atoms with Gasteiger partial charge in [-0.05, 0) is 53.5 Å². The molecule has 0 aliphatic rings. The van der Waals surface area contributed by atoms with E-state index < -0.39 is 12.1 Å². The van der Waals surface area contributed by atoms with Crippen LogP contribution in [0.15, 0.2) is 72.8 Å². The van der Waals surface area contributed by atoms with E-state index >= 15 is 0 Å². The first kappa shape index (κ1) is 19.4. The van der Waals surface area contributed by atoms with Crippen LogP contribution in [0.5, 0.6) is 0 Å². The van der Waals surface area contributed by atoms with Crippen molar-refractivity contribution >= 4 is 34.4 Å². The molecule has 142 valence electrons. The molecule has 3 rings (SSSR count). The van der Waals surface area contributed by atoms with Crippen LogP contribution in [-0.4, -0.2) is 18.0 Å². The van der Waals surface area contributed by atoms with Gasteiger partial charge in [0.25, 0.3) is 5.91 Å². The molecule has 0 radical (unpaired) electrons. The summed E-state index contributed by atoms with van der Waals surface area (Å²) < 4.78 is 5.23. The molecule has 4 heteroatoms. The number of benzene rings is 3. The maximum absolute atomic E-state index is 12.2. The van der Waals surface area contributed by atoms with Gasteiger partial charge in [0.2, 0.25) is 0 Å². The van der Waals surface area contributed by atoms with Crippen LogP contribution >= 0.6 is 0 Å². The number of nitrogens with one attached hydrogen (secondary N) is 1. The van der Waals surface area contributed by atoms with Crippen molar-refractivity contribution in [3.63, 3.8) is 0 Å². The van der Waals surface area contributed by atoms with Gasteiger partial charge in [-0.15, -0.1) is 0 Å². The lowest BCUT2D eigenvalue weighted by Gasteiger charge is -2.12. The van der Waals surface area contributed by atoms with E-state index in [0.717, 1.165) is 22.8 Å². The number of carbonyl (C=O) groups is 2. The summed E-state index contributed by atoms with van der Waals surface area (Å²) in [5.74, 6) is -0.923. The predicted molar refractivity (Wildman–Crippen MR) is 113 cm³/mol. The second-order valence-corrected chi connectivity index (χ2v) is 6.52. The van der Waals surface area contributed by atoms with Crippen LogP contribution in [0.2, 0.25) is 0 Å². The Labute approximate surface area is 164 Å². The first-order valence-corrected chi connectivity index (χ1v) is 9.33. The number of carbonyl (C=O) groups excluding carboxylic acids is 2. The van der Waals surface area contributed by atoms with Gasteiger partial charge in [0.15, 0.2) is 6.10 Å². The van der Waals surface area contributed by atoms with Crippen LogP contribution in [0, 0.1) is 0 Å². The highest BCUT2D eigenvalue weighted by molar-refractivity contribution is 5.98. The van der Waals surface area contributed by atoms with Gasteiger partial charge in [0.1, 0.15) is 0 Å². The second-order valence-electron chi connectivity index (χ2n) is 6.52. The van der Waals surface area contributed by atoms with Crippen molar-refractivity contribution in [2.45, 2.75) is 26.4 Å². The van der Waals surface area contributed by atoms with Gasteiger partial charge in [-0.1, -0.05) is 61.5 Å². The Morgan fingerprint density at radius 3 is 2.46 bits per heavy atom. The molecule has 0 bridgehead atoms. The Morgan fingerprint density at radius 2 is 1.71 bits per heavy atom. The van der Waals surface area contributed by atoms with Crippen molar-refractivity contribution in [3.8, 4) is 0 Å². The summed E-state index contributed by atoms with van der Waals surface area (Å²) in [6, 6.07) is 21.4. The maximum atomic E-state index is 12.2. The van der Waals surface area contributed by atoms with Crippen LogP contribution < -0.4 is 5.32 Å². The average Bonchev–Trinajstić information content (AvgIpc) is 2.72. The highest BCUT2D eigenvalue weighted by atomic mass is 16.5. The fourth-order valence-electron chi connectivity index (χ4n) is 2.89. The number of hydrogen-bond acceptors (Lipinski definition) is 3. The van der Waals surface area contributed by atoms with E-state index in [1.807, 2.05) is 66.7 Å². The van der Waals surface area contributed by atoms with E-state index in [-0.39, 0.29) is 5.91 Å². The molecule has 28 heavy (non-hydrogen) atoms. The molecule has 3 aromatic carbocycles. The molecule has 1 amide bonds. The summed E-state index contributed by atoms with van der Waals surface area (Å²) in [6.45, 7) is 3.63. The minimum absolute atomic E-state index is 0.365. The zero-order valence-corrected chi connectivity index (χ0v) is 16.0. The molecule has 0 aliphatic heterocycles. The number of esters is 1. The molecular weight excluding hydrogens is 350 g/mol. The number of amides is 1. The first-order valence-electron chi connectivity index (χ1n) is 9.33. The van der Waals surface area contributed by atoms with Crippen molar-refractivity contribution in [2.24, 2.45) is 0 Å². The van der Waals surface area contributed by atoms with E-state index in [9.17, 15) is 9.59 Å². The van der Waals surface area contributed by atoms with E-state index in [0.29, 0.717) is 5.69 Å². The maximum Gasteiger partial charge on any atom is 0.331 e. The lowest BCUT2D eigenvalue weighted by atomic mass is 10.0. The fraction of sp³-hybridized carbons (Fsp3) is 0.167. The molecular formula is C24H23NO3. The molecule has 0 heterocycles. The summed E-state index contributed by atoms with van der Waals surface area (Å²) in [5, 5.41) is 4.90. The summed E-state index contributed by atoms with van der Waals surface area (Å²) >= 11 is 0. The monoisotopic (exact) mass is 373 g/mol. The minimum atomic E-state index is -0.893. The van der Waals surface area contributed by atoms with Gasteiger partial charge >= 0.3 is 5.97 Å². The first-order chi connectivity index (χ1) is 13.6. The standard InChI is InChI=1S/C24H23NO3/c1-3-18-11-14-21(15-12-18)25-24(27)17(2)28-23(26)16-13-20-9-6-8-19-7-4-5-10-22(19)20/h4-17H,3H2,1-2H3,(H,25,27). The zero-order valence-electron chi connectivity index (χ0n) is 16.0. The second kappa shape index (κ2) is 9.00. The highest BCUT2D eigenvalue weighted by Crippen LogP contribution is 2.19. The molecule has 0 aromatic heterocycles. The van der Waals surface area contributed by atoms with Crippen LogP contribution in [0.3, 0.4) is 0 Å². The molecule has 1 unspecified atom stereocenters. The lowest BCUT2D eigenvalue weighted by Crippen LogP contribution is -2.29. The molecule has 1 N–H and O–H groups in total. The van der Waals surface area contributed by atoms with Crippen LogP contribution in [0.4, 0.5) is 5.69 Å². The Bertz CT molecular complexity index is 1000. The van der Waals surface area contributed by atoms with E-state index in [4.69, 9.17) is 4.74 Å². The number of ether oxygens (including phenoxy) is 1. The molecule has 0 spiro atoms.